The predicted molar refractivity (Wildman–Crippen MR) is 86.4 cm³/mol. The van der Waals surface area contributed by atoms with Crippen molar-refractivity contribution in [1.29, 1.82) is 0 Å². The van der Waals surface area contributed by atoms with E-state index in [-0.39, 0.29) is 0 Å². The van der Waals surface area contributed by atoms with Crippen LogP contribution in [-0.4, -0.2) is 46.6 Å². The van der Waals surface area contributed by atoms with Gasteiger partial charge in [0, 0.05) is 19.6 Å². The Bertz CT molecular complexity index is 408. The number of nitrogens with zero attached hydrogens (tertiary/aromatic N) is 4. The second-order valence-electron chi connectivity index (χ2n) is 4.99. The first-order valence-electron chi connectivity index (χ1n) is 7.29. The van der Waals surface area contributed by atoms with Crippen molar-refractivity contribution >= 4 is 29.6 Å². The van der Waals surface area contributed by atoms with Crippen LogP contribution in [0.15, 0.2) is 0 Å². The van der Waals surface area contributed by atoms with Crippen molar-refractivity contribution in [3.05, 3.63) is 0 Å². The molecule has 1 aromatic rings. The molecule has 0 radical (unpaired) electrons. The molecule has 0 aromatic carbocycles. The molecule has 1 aliphatic rings. The maximum absolute atomic E-state index is 5.77. The first-order valence-corrected chi connectivity index (χ1v) is 8.68. The highest BCUT2D eigenvalue weighted by Crippen LogP contribution is 2.17. The summed E-state index contributed by atoms with van der Waals surface area (Å²) in [5.74, 6) is 2.84. The molecule has 0 unspecified atom stereocenters. The van der Waals surface area contributed by atoms with E-state index < -0.39 is 0 Å². The first-order chi connectivity index (χ1) is 9.79. The van der Waals surface area contributed by atoms with E-state index >= 15 is 0 Å². The Kier molecular flexibility index (Phi) is 6.17. The fourth-order valence-corrected chi connectivity index (χ4v) is 2.76. The van der Waals surface area contributed by atoms with E-state index in [9.17, 15) is 0 Å². The summed E-state index contributed by atoms with van der Waals surface area (Å²) < 4.78 is 0. The van der Waals surface area contributed by atoms with Crippen LogP contribution in [0, 0.1) is 0 Å². The Labute approximate surface area is 125 Å². The first kappa shape index (κ1) is 15.2. The minimum Gasteiger partial charge on any atom is -0.368 e. The van der Waals surface area contributed by atoms with Crippen molar-refractivity contribution in [3.63, 3.8) is 0 Å². The monoisotopic (exact) mass is 296 g/mol. The number of nitrogens with two attached hydrogens (primary N) is 1. The van der Waals surface area contributed by atoms with Crippen LogP contribution in [0.4, 0.5) is 17.8 Å². The molecule has 1 aromatic heterocycles. The van der Waals surface area contributed by atoms with Gasteiger partial charge in [0.15, 0.2) is 0 Å². The molecule has 6 nitrogen and oxygen atoms in total. The molecule has 20 heavy (non-hydrogen) atoms. The van der Waals surface area contributed by atoms with Gasteiger partial charge < -0.3 is 16.0 Å². The predicted octanol–water partition coefficient (Wildman–Crippen LogP) is 2.00. The summed E-state index contributed by atoms with van der Waals surface area (Å²) in [5, 5.41) is 3.25. The highest BCUT2D eigenvalue weighted by molar-refractivity contribution is 7.98. The minimum absolute atomic E-state index is 0.298. The van der Waals surface area contributed by atoms with Gasteiger partial charge >= 0.3 is 0 Å². The average Bonchev–Trinajstić information content (AvgIpc) is 2.96. The van der Waals surface area contributed by atoms with Gasteiger partial charge in [-0.15, -0.1) is 0 Å². The Morgan fingerprint density at radius 1 is 1.15 bits per heavy atom. The molecule has 1 fully saturated rings. The summed E-state index contributed by atoms with van der Waals surface area (Å²) in [4.78, 5) is 15.0. The van der Waals surface area contributed by atoms with Crippen LogP contribution >= 0.6 is 11.8 Å². The molecular weight excluding hydrogens is 272 g/mol. The van der Waals surface area contributed by atoms with Crippen LogP contribution in [0.25, 0.3) is 0 Å². The van der Waals surface area contributed by atoms with E-state index in [1.807, 2.05) is 11.8 Å². The maximum Gasteiger partial charge on any atom is 0.231 e. The van der Waals surface area contributed by atoms with Crippen LogP contribution in [0.2, 0.25) is 0 Å². The molecule has 2 heterocycles. The van der Waals surface area contributed by atoms with E-state index in [4.69, 9.17) is 5.73 Å². The van der Waals surface area contributed by atoms with Gasteiger partial charge in [-0.1, -0.05) is 6.42 Å². The molecule has 3 N–H and O–H groups in total. The zero-order valence-corrected chi connectivity index (χ0v) is 13.0. The Balaban J connectivity index is 1.81. The molecule has 0 atom stereocenters. The van der Waals surface area contributed by atoms with E-state index in [1.54, 1.807) is 0 Å². The molecule has 0 bridgehead atoms. The zero-order valence-electron chi connectivity index (χ0n) is 12.1. The summed E-state index contributed by atoms with van der Waals surface area (Å²) in [6.07, 6.45) is 8.17. The van der Waals surface area contributed by atoms with Crippen LogP contribution in [-0.2, 0) is 0 Å². The maximum atomic E-state index is 5.77. The largest absolute Gasteiger partial charge is 0.368 e. The van der Waals surface area contributed by atoms with Crippen molar-refractivity contribution < 1.29 is 0 Å². The van der Waals surface area contributed by atoms with Crippen LogP contribution < -0.4 is 16.0 Å². The highest BCUT2D eigenvalue weighted by Gasteiger charge is 2.16. The van der Waals surface area contributed by atoms with Gasteiger partial charge in [0.2, 0.25) is 17.8 Å². The lowest BCUT2D eigenvalue weighted by Crippen LogP contribution is -2.22. The fraction of sp³-hybridized carbons (Fsp3) is 0.769. The molecular formula is C13H24N6S. The molecule has 0 aliphatic carbocycles. The number of thioether (sulfide) groups is 1. The van der Waals surface area contributed by atoms with E-state index in [0.717, 1.165) is 26.1 Å². The number of anilines is 3. The van der Waals surface area contributed by atoms with Crippen molar-refractivity contribution in [3.8, 4) is 0 Å². The Morgan fingerprint density at radius 2 is 1.95 bits per heavy atom. The van der Waals surface area contributed by atoms with Gasteiger partial charge in [-0.25, -0.2) is 0 Å². The topological polar surface area (TPSA) is 80.0 Å². The number of nitrogens with one attached hydrogen (secondary N) is 1. The van der Waals surface area contributed by atoms with Crippen molar-refractivity contribution in [2.45, 2.75) is 32.1 Å². The summed E-state index contributed by atoms with van der Waals surface area (Å²) in [6.45, 7) is 2.91. The number of unbranched alkanes of at least 4 members (excludes halogenated alkanes) is 2. The molecule has 1 saturated heterocycles. The third-order valence-electron chi connectivity index (χ3n) is 3.34. The van der Waals surface area contributed by atoms with Gasteiger partial charge in [0.1, 0.15) is 0 Å². The lowest BCUT2D eigenvalue weighted by molar-refractivity contribution is 0.745. The smallest absolute Gasteiger partial charge is 0.231 e. The fourth-order valence-electron chi connectivity index (χ4n) is 2.27. The average molecular weight is 296 g/mol. The number of nitrogen functional groups attached to an aromatic ring is 1. The molecule has 112 valence electrons. The summed E-state index contributed by atoms with van der Waals surface area (Å²) in [5.41, 5.74) is 5.77. The lowest BCUT2D eigenvalue weighted by atomic mass is 10.2. The second-order valence-corrected chi connectivity index (χ2v) is 5.98. The van der Waals surface area contributed by atoms with Crippen LogP contribution in [0.5, 0.6) is 0 Å². The summed E-state index contributed by atoms with van der Waals surface area (Å²) in [6, 6.07) is 0. The van der Waals surface area contributed by atoms with Crippen molar-refractivity contribution in [2.75, 3.05) is 47.6 Å². The Hall–Kier alpha value is -1.24. The van der Waals surface area contributed by atoms with Gasteiger partial charge in [0.05, 0.1) is 0 Å². The minimum atomic E-state index is 0.298. The highest BCUT2D eigenvalue weighted by atomic mass is 32.2. The molecule has 0 amide bonds. The van der Waals surface area contributed by atoms with Gasteiger partial charge in [-0.2, -0.15) is 26.7 Å². The number of hydrogen-bond donors (Lipinski definition) is 2. The van der Waals surface area contributed by atoms with E-state index in [0.29, 0.717) is 17.8 Å². The molecule has 1 aliphatic heterocycles. The summed E-state index contributed by atoms with van der Waals surface area (Å²) >= 11 is 1.90. The van der Waals surface area contributed by atoms with Crippen LogP contribution in [0.1, 0.15) is 32.1 Å². The van der Waals surface area contributed by atoms with Gasteiger partial charge in [-0.3, -0.25) is 0 Å². The van der Waals surface area contributed by atoms with Crippen molar-refractivity contribution in [1.82, 2.24) is 15.0 Å². The number of rotatable bonds is 8. The normalized spacial score (nSPS) is 14.8. The van der Waals surface area contributed by atoms with E-state index in [2.05, 4.69) is 31.4 Å². The Morgan fingerprint density at radius 3 is 2.70 bits per heavy atom. The van der Waals surface area contributed by atoms with E-state index in [1.165, 1.54) is 31.4 Å². The van der Waals surface area contributed by atoms with Crippen molar-refractivity contribution in [2.24, 2.45) is 0 Å². The third kappa shape index (κ3) is 4.70. The molecule has 7 heteroatoms. The molecule has 2 rings (SSSR count). The zero-order chi connectivity index (χ0) is 14.2. The molecule has 0 saturated carbocycles. The number of aromatic nitrogens is 3. The second kappa shape index (κ2) is 8.14. The SMILES string of the molecule is CSCCCCCNc1nc(N)nc(N2CCCC2)n1. The third-order valence-corrected chi connectivity index (χ3v) is 4.04. The van der Waals surface area contributed by atoms with Crippen LogP contribution in [0.3, 0.4) is 0 Å². The quantitative estimate of drug-likeness (QED) is 0.710. The summed E-state index contributed by atoms with van der Waals surface area (Å²) in [7, 11) is 0. The standard InChI is InChI=1S/C13H24N6S/c1-20-10-6-2-3-7-15-12-16-11(14)17-13(18-12)19-8-4-5-9-19/h2-10H2,1H3,(H3,14,15,16,17,18). The van der Waals surface area contributed by atoms with Gasteiger partial charge in [0.25, 0.3) is 0 Å². The molecule has 0 spiro atoms. The number of hydrogen-bond acceptors (Lipinski definition) is 7. The van der Waals surface area contributed by atoms with Gasteiger partial charge in [-0.05, 0) is 37.7 Å². The lowest BCUT2D eigenvalue weighted by Gasteiger charge is -2.16.